The Hall–Kier alpha value is -1.23. The maximum absolute atomic E-state index is 9.35. The first-order chi connectivity index (χ1) is 9.85. The number of rotatable bonds is 5. The van der Waals surface area contributed by atoms with E-state index in [1.165, 1.54) is 5.56 Å². The minimum Gasteiger partial charge on any atom is -0.390 e. The number of aliphatic imine (C=N–C) groups is 1. The predicted molar refractivity (Wildman–Crippen MR) is 87.6 cm³/mol. The number of quaternary nitrogens is 1. The molecule has 0 aliphatic carbocycles. The monoisotopic (exact) mass is 308 g/mol. The van der Waals surface area contributed by atoms with Crippen molar-refractivity contribution in [3.8, 4) is 0 Å². The molecule has 1 atom stereocenters. The number of benzene rings is 1. The first-order valence-corrected chi connectivity index (χ1v) is 7.60. The van der Waals surface area contributed by atoms with Gasteiger partial charge in [0.15, 0.2) is 5.84 Å². The Labute approximate surface area is 131 Å². The largest absolute Gasteiger partial charge is 0.390 e. The van der Waals surface area contributed by atoms with Gasteiger partial charge in [-0.05, 0) is 17.7 Å². The third-order valence-electron chi connectivity index (χ3n) is 3.55. The summed E-state index contributed by atoms with van der Waals surface area (Å²) < 4.78 is 0.367. The molecule has 1 unspecified atom stereocenters. The molecule has 0 aromatic heterocycles. The molecule has 21 heavy (non-hydrogen) atoms. The quantitative estimate of drug-likeness (QED) is 0.835. The van der Waals surface area contributed by atoms with Gasteiger partial charge in [0.25, 0.3) is 0 Å². The summed E-state index contributed by atoms with van der Waals surface area (Å²) in [6.45, 7) is 7.72. The minimum atomic E-state index is -0.0772. The Bertz CT molecular complexity index is 546. The zero-order chi connectivity index (χ0) is 15.5. The lowest BCUT2D eigenvalue weighted by Gasteiger charge is -2.24. The van der Waals surface area contributed by atoms with E-state index in [9.17, 15) is 5.11 Å². The molecule has 4 nitrogen and oxygen atoms in total. The molecule has 1 N–H and O–H groups in total. The number of aliphatic hydroxyl groups is 1. The summed E-state index contributed by atoms with van der Waals surface area (Å²) >= 11 is 5.91. The van der Waals surface area contributed by atoms with Gasteiger partial charge >= 0.3 is 0 Å². The molecule has 0 saturated heterocycles. The van der Waals surface area contributed by atoms with Gasteiger partial charge in [-0.25, -0.2) is 0 Å². The molecule has 0 saturated carbocycles. The number of hydrogen-bond donors (Lipinski definition) is 1. The summed E-state index contributed by atoms with van der Waals surface area (Å²) in [5.74, 6) is 0.840. The van der Waals surface area contributed by atoms with E-state index in [1.807, 2.05) is 30.6 Å². The summed E-state index contributed by atoms with van der Waals surface area (Å²) in [6.07, 6.45) is 2.72. The number of amidine groups is 1. The standard InChI is InChI=1S/C16H23ClN3O/c1-16(2,3)15-18-12-20(19-15,10-11-21)9-8-13-4-6-14(17)7-5-13/h4-7,12,21H,8-11H2,1-3H3/q+1. The highest BCUT2D eigenvalue weighted by atomic mass is 35.5. The zero-order valence-electron chi connectivity index (χ0n) is 12.9. The van der Waals surface area contributed by atoms with E-state index in [0.29, 0.717) is 11.1 Å². The SMILES string of the molecule is CC(C)(C)C1=N[N+](CCO)(CCc2ccc(Cl)cc2)C=N1. The van der Waals surface area contributed by atoms with Crippen molar-refractivity contribution < 1.29 is 9.70 Å². The van der Waals surface area contributed by atoms with Crippen LogP contribution in [-0.4, -0.2) is 41.6 Å². The maximum Gasteiger partial charge on any atom is 0.218 e. The van der Waals surface area contributed by atoms with E-state index < -0.39 is 0 Å². The Morgan fingerprint density at radius 2 is 1.81 bits per heavy atom. The third kappa shape index (κ3) is 4.13. The smallest absolute Gasteiger partial charge is 0.218 e. The van der Waals surface area contributed by atoms with Gasteiger partial charge < -0.3 is 5.11 Å². The van der Waals surface area contributed by atoms with Crippen molar-refractivity contribution in [3.63, 3.8) is 0 Å². The fourth-order valence-corrected chi connectivity index (χ4v) is 2.35. The summed E-state index contributed by atoms with van der Waals surface area (Å²) in [5.41, 5.74) is 1.13. The average Bonchev–Trinajstić information content (AvgIpc) is 2.83. The summed E-state index contributed by atoms with van der Waals surface area (Å²) in [5, 5.41) is 14.9. The Kier molecular flexibility index (Phi) is 4.81. The van der Waals surface area contributed by atoms with E-state index in [1.54, 1.807) is 0 Å². The van der Waals surface area contributed by atoms with Gasteiger partial charge in [0.1, 0.15) is 13.1 Å². The van der Waals surface area contributed by atoms with Crippen LogP contribution in [0.4, 0.5) is 0 Å². The van der Waals surface area contributed by atoms with Crippen molar-refractivity contribution in [2.24, 2.45) is 15.5 Å². The number of halogens is 1. The molecule has 5 heteroatoms. The van der Waals surface area contributed by atoms with Crippen LogP contribution in [0.25, 0.3) is 0 Å². The van der Waals surface area contributed by atoms with Crippen molar-refractivity contribution in [2.75, 3.05) is 19.7 Å². The second-order valence-corrected chi connectivity index (χ2v) is 6.89. The number of aliphatic hydroxyl groups excluding tert-OH is 1. The molecular formula is C16H23ClN3O+. The molecule has 2 rings (SSSR count). The fourth-order valence-electron chi connectivity index (χ4n) is 2.22. The van der Waals surface area contributed by atoms with Crippen LogP contribution < -0.4 is 0 Å². The van der Waals surface area contributed by atoms with Gasteiger partial charge in [-0.2, -0.15) is 9.58 Å². The van der Waals surface area contributed by atoms with Gasteiger partial charge in [0.2, 0.25) is 6.34 Å². The van der Waals surface area contributed by atoms with Crippen LogP contribution >= 0.6 is 11.6 Å². The Balaban J connectivity index is 2.12. The fraction of sp³-hybridized carbons (Fsp3) is 0.500. The Morgan fingerprint density at radius 3 is 2.33 bits per heavy atom. The molecule has 1 aromatic carbocycles. The number of hydrogen-bond acceptors (Lipinski definition) is 3. The molecule has 0 amide bonds. The molecule has 0 radical (unpaired) electrons. The topological polar surface area (TPSA) is 45.0 Å². The summed E-state index contributed by atoms with van der Waals surface area (Å²) in [6, 6.07) is 7.85. The van der Waals surface area contributed by atoms with Gasteiger partial charge in [-0.3, -0.25) is 0 Å². The lowest BCUT2D eigenvalue weighted by atomic mass is 9.95. The first kappa shape index (κ1) is 16.1. The van der Waals surface area contributed by atoms with Crippen LogP contribution in [0, 0.1) is 5.41 Å². The van der Waals surface area contributed by atoms with Crippen molar-refractivity contribution in [2.45, 2.75) is 27.2 Å². The molecule has 1 heterocycles. The van der Waals surface area contributed by atoms with E-state index in [2.05, 4.69) is 25.8 Å². The normalized spacial score (nSPS) is 21.7. The van der Waals surface area contributed by atoms with Crippen LogP contribution in [-0.2, 0) is 6.42 Å². The molecular weight excluding hydrogens is 286 g/mol. The minimum absolute atomic E-state index is 0.0772. The van der Waals surface area contributed by atoms with Crippen LogP contribution in [0.15, 0.2) is 34.4 Å². The maximum atomic E-state index is 9.35. The molecule has 0 bridgehead atoms. The van der Waals surface area contributed by atoms with Crippen molar-refractivity contribution in [3.05, 3.63) is 34.9 Å². The van der Waals surface area contributed by atoms with Crippen LogP contribution in [0.5, 0.6) is 0 Å². The summed E-state index contributed by atoms with van der Waals surface area (Å²) in [7, 11) is 0. The predicted octanol–water partition coefficient (Wildman–Crippen LogP) is 3.09. The van der Waals surface area contributed by atoms with E-state index >= 15 is 0 Å². The molecule has 114 valence electrons. The second-order valence-electron chi connectivity index (χ2n) is 6.45. The molecule has 1 aliphatic heterocycles. The van der Waals surface area contributed by atoms with Gasteiger partial charge in [-0.1, -0.05) is 49.6 Å². The first-order valence-electron chi connectivity index (χ1n) is 7.23. The second kappa shape index (κ2) is 6.26. The number of nitrogens with zero attached hydrogens (tertiary/aromatic N) is 3. The van der Waals surface area contributed by atoms with Gasteiger partial charge in [0.05, 0.1) is 6.61 Å². The average molecular weight is 309 g/mol. The van der Waals surface area contributed by atoms with E-state index in [4.69, 9.17) is 16.7 Å². The van der Waals surface area contributed by atoms with E-state index in [-0.39, 0.29) is 12.0 Å². The molecule has 0 fully saturated rings. The molecule has 1 aliphatic rings. The van der Waals surface area contributed by atoms with E-state index in [0.717, 1.165) is 23.8 Å². The third-order valence-corrected chi connectivity index (χ3v) is 3.80. The zero-order valence-corrected chi connectivity index (χ0v) is 13.6. The lowest BCUT2D eigenvalue weighted by Crippen LogP contribution is -2.44. The summed E-state index contributed by atoms with van der Waals surface area (Å²) in [4.78, 5) is 4.47. The Morgan fingerprint density at radius 1 is 1.14 bits per heavy atom. The van der Waals surface area contributed by atoms with Crippen LogP contribution in [0.2, 0.25) is 5.02 Å². The molecule has 0 spiro atoms. The van der Waals surface area contributed by atoms with Crippen molar-refractivity contribution in [1.82, 2.24) is 0 Å². The van der Waals surface area contributed by atoms with Crippen LogP contribution in [0.3, 0.4) is 0 Å². The van der Waals surface area contributed by atoms with Gasteiger partial charge in [0, 0.05) is 16.9 Å². The highest BCUT2D eigenvalue weighted by Gasteiger charge is 2.35. The molecule has 1 aromatic rings. The van der Waals surface area contributed by atoms with Gasteiger partial charge in [-0.15, -0.1) is 0 Å². The van der Waals surface area contributed by atoms with Crippen LogP contribution in [0.1, 0.15) is 26.3 Å². The highest BCUT2D eigenvalue weighted by molar-refractivity contribution is 6.30. The lowest BCUT2D eigenvalue weighted by molar-refractivity contribution is -0.840. The highest BCUT2D eigenvalue weighted by Crippen LogP contribution is 2.24. The van der Waals surface area contributed by atoms with Crippen molar-refractivity contribution in [1.29, 1.82) is 0 Å². The van der Waals surface area contributed by atoms with Crippen molar-refractivity contribution >= 4 is 23.8 Å².